The summed E-state index contributed by atoms with van der Waals surface area (Å²) in [6.45, 7) is 8.94. The van der Waals surface area contributed by atoms with Gasteiger partial charge in [-0.2, -0.15) is 0 Å². The molecule has 1 fully saturated rings. The van der Waals surface area contributed by atoms with E-state index in [0.717, 1.165) is 41.0 Å². The lowest BCUT2D eigenvalue weighted by molar-refractivity contribution is 0.0696. The SMILES string of the molecule is CCN(CC)Cc1cc(Br)ccc1OCc1ccc(C(=O)N2CCN(S(=O)[O-])CC2)cc1. The summed E-state index contributed by atoms with van der Waals surface area (Å²) in [5, 5.41) is 0. The van der Waals surface area contributed by atoms with Crippen molar-refractivity contribution in [3.8, 4) is 5.75 Å². The molecular weight excluding hydrogens is 494 g/mol. The maximum atomic E-state index is 12.7. The van der Waals surface area contributed by atoms with Crippen LogP contribution in [0.15, 0.2) is 46.9 Å². The van der Waals surface area contributed by atoms with Crippen LogP contribution >= 0.6 is 15.9 Å². The van der Waals surface area contributed by atoms with Crippen molar-refractivity contribution in [2.75, 3.05) is 39.3 Å². The summed E-state index contributed by atoms with van der Waals surface area (Å²) < 4.78 is 30.5. The highest BCUT2D eigenvalue weighted by atomic mass is 79.9. The first-order valence-corrected chi connectivity index (χ1v) is 12.6. The second kappa shape index (κ2) is 11.9. The van der Waals surface area contributed by atoms with Crippen molar-refractivity contribution in [2.45, 2.75) is 27.0 Å². The van der Waals surface area contributed by atoms with E-state index in [1.54, 1.807) is 17.0 Å². The van der Waals surface area contributed by atoms with E-state index in [1.165, 1.54) is 4.31 Å². The molecule has 3 rings (SSSR count). The van der Waals surface area contributed by atoms with Crippen LogP contribution in [0, 0.1) is 0 Å². The Kier molecular flexibility index (Phi) is 9.24. The van der Waals surface area contributed by atoms with Crippen LogP contribution in [-0.2, 0) is 24.4 Å². The van der Waals surface area contributed by atoms with Crippen LogP contribution in [0.25, 0.3) is 0 Å². The maximum Gasteiger partial charge on any atom is 0.253 e. The second-order valence-corrected chi connectivity index (χ2v) is 9.50. The average Bonchev–Trinajstić information content (AvgIpc) is 2.82. The molecule has 1 heterocycles. The smallest absolute Gasteiger partial charge is 0.253 e. The third kappa shape index (κ3) is 6.62. The summed E-state index contributed by atoms with van der Waals surface area (Å²) in [5.41, 5.74) is 2.70. The molecule has 0 N–H and O–H groups in total. The van der Waals surface area contributed by atoms with Crippen LogP contribution in [0.2, 0.25) is 0 Å². The number of benzene rings is 2. The number of rotatable bonds is 9. The molecule has 9 heteroatoms. The van der Waals surface area contributed by atoms with Gasteiger partial charge in [-0.3, -0.25) is 13.9 Å². The van der Waals surface area contributed by atoms with E-state index in [0.29, 0.717) is 38.3 Å². The van der Waals surface area contributed by atoms with Crippen LogP contribution in [0.5, 0.6) is 5.75 Å². The Morgan fingerprint density at radius 3 is 2.34 bits per heavy atom. The molecule has 1 aliphatic rings. The number of carbonyl (C=O) groups excluding carboxylic acids is 1. The Hall–Kier alpha value is -1.78. The lowest BCUT2D eigenvalue weighted by Crippen LogP contribution is -2.49. The van der Waals surface area contributed by atoms with Gasteiger partial charge in [-0.15, -0.1) is 0 Å². The van der Waals surface area contributed by atoms with Crippen LogP contribution in [0.4, 0.5) is 0 Å². The van der Waals surface area contributed by atoms with Gasteiger partial charge in [0.05, 0.1) is 0 Å². The fraction of sp³-hybridized carbons (Fsp3) is 0.435. The molecule has 1 saturated heterocycles. The Balaban J connectivity index is 1.60. The van der Waals surface area contributed by atoms with E-state index in [1.807, 2.05) is 24.3 Å². The van der Waals surface area contributed by atoms with Crippen molar-refractivity contribution >= 4 is 33.1 Å². The van der Waals surface area contributed by atoms with Crippen molar-refractivity contribution in [1.29, 1.82) is 0 Å². The van der Waals surface area contributed by atoms with Gasteiger partial charge in [0.2, 0.25) is 0 Å². The van der Waals surface area contributed by atoms with Gasteiger partial charge in [0.15, 0.2) is 0 Å². The molecule has 0 spiro atoms. The minimum Gasteiger partial charge on any atom is -0.760 e. The molecule has 0 radical (unpaired) electrons. The first-order chi connectivity index (χ1) is 15.4. The normalized spacial score (nSPS) is 15.7. The van der Waals surface area contributed by atoms with E-state index < -0.39 is 11.3 Å². The molecule has 32 heavy (non-hydrogen) atoms. The van der Waals surface area contributed by atoms with Gasteiger partial charge in [0.25, 0.3) is 5.91 Å². The average molecular weight is 523 g/mol. The quantitative estimate of drug-likeness (QED) is 0.471. The summed E-state index contributed by atoms with van der Waals surface area (Å²) in [4.78, 5) is 16.7. The largest absolute Gasteiger partial charge is 0.760 e. The zero-order valence-electron chi connectivity index (χ0n) is 18.5. The van der Waals surface area contributed by atoms with E-state index in [-0.39, 0.29) is 5.91 Å². The lowest BCUT2D eigenvalue weighted by Gasteiger charge is -2.35. The molecule has 0 saturated carbocycles. The summed E-state index contributed by atoms with van der Waals surface area (Å²) >= 11 is 1.32. The van der Waals surface area contributed by atoms with Gasteiger partial charge in [-0.25, -0.2) is 4.31 Å². The zero-order valence-corrected chi connectivity index (χ0v) is 20.9. The van der Waals surface area contributed by atoms with Crippen molar-refractivity contribution in [2.24, 2.45) is 0 Å². The van der Waals surface area contributed by atoms with Gasteiger partial charge in [0.1, 0.15) is 12.4 Å². The summed E-state index contributed by atoms with van der Waals surface area (Å²) in [5.74, 6) is 0.775. The molecule has 2 aromatic rings. The van der Waals surface area contributed by atoms with Gasteiger partial charge >= 0.3 is 0 Å². The molecular formula is C23H29BrN3O4S-. The Bertz CT molecular complexity index is 929. The lowest BCUT2D eigenvalue weighted by atomic mass is 10.1. The molecule has 1 amide bonds. The second-order valence-electron chi connectivity index (χ2n) is 7.64. The molecule has 0 aliphatic carbocycles. The molecule has 1 unspecified atom stereocenters. The zero-order chi connectivity index (χ0) is 23.1. The number of hydrogen-bond acceptors (Lipinski definition) is 5. The molecule has 0 aromatic heterocycles. The predicted molar refractivity (Wildman–Crippen MR) is 128 cm³/mol. The van der Waals surface area contributed by atoms with E-state index in [2.05, 4.69) is 40.7 Å². The number of nitrogens with zero attached hydrogens (tertiary/aromatic N) is 3. The predicted octanol–water partition coefficient (Wildman–Crippen LogP) is 3.42. The highest BCUT2D eigenvalue weighted by Gasteiger charge is 2.22. The van der Waals surface area contributed by atoms with Crippen LogP contribution in [0.3, 0.4) is 0 Å². The van der Waals surface area contributed by atoms with Crippen molar-refractivity contribution < 1.29 is 18.3 Å². The third-order valence-electron chi connectivity index (χ3n) is 5.64. The van der Waals surface area contributed by atoms with E-state index in [4.69, 9.17) is 4.74 Å². The minimum absolute atomic E-state index is 0.0804. The maximum absolute atomic E-state index is 12.7. The summed E-state index contributed by atoms with van der Waals surface area (Å²) in [7, 11) is 0. The third-order valence-corrected chi connectivity index (χ3v) is 6.92. The fourth-order valence-corrected chi connectivity index (χ4v) is 4.50. The highest BCUT2D eigenvalue weighted by molar-refractivity contribution is 9.10. The number of piperazine rings is 1. The van der Waals surface area contributed by atoms with Crippen LogP contribution < -0.4 is 4.74 Å². The van der Waals surface area contributed by atoms with Crippen molar-refractivity contribution in [3.05, 3.63) is 63.6 Å². The first kappa shape index (κ1) is 24.9. The van der Waals surface area contributed by atoms with Crippen molar-refractivity contribution in [1.82, 2.24) is 14.1 Å². The number of ether oxygens (including phenoxy) is 1. The van der Waals surface area contributed by atoms with Gasteiger partial charge < -0.3 is 14.2 Å². The first-order valence-electron chi connectivity index (χ1n) is 10.8. The van der Waals surface area contributed by atoms with Gasteiger partial charge in [0, 0.05) is 59.6 Å². The monoisotopic (exact) mass is 522 g/mol. The molecule has 174 valence electrons. The fourth-order valence-electron chi connectivity index (χ4n) is 3.63. The Morgan fingerprint density at radius 1 is 1.09 bits per heavy atom. The summed E-state index contributed by atoms with van der Waals surface area (Å²) in [6.07, 6.45) is 0. The van der Waals surface area contributed by atoms with E-state index in [9.17, 15) is 13.6 Å². The standard InChI is InChI=1S/C23H30BrN3O4S/c1-3-25(4-2)16-20-15-21(24)9-10-22(20)31-17-18-5-7-19(8-6-18)23(28)26-11-13-27(14-12-26)32(29)30/h5-10,15H,3-4,11-14,16-17H2,1-2H3,(H,29,30)/p-1. The van der Waals surface area contributed by atoms with Crippen LogP contribution in [-0.4, -0.2) is 68.0 Å². The number of amides is 1. The Morgan fingerprint density at radius 2 is 1.75 bits per heavy atom. The number of hydrogen-bond donors (Lipinski definition) is 0. The Labute approximate surface area is 200 Å². The van der Waals surface area contributed by atoms with Crippen LogP contribution in [0.1, 0.15) is 35.3 Å². The topological polar surface area (TPSA) is 76.2 Å². The highest BCUT2D eigenvalue weighted by Crippen LogP contribution is 2.25. The molecule has 1 atom stereocenters. The number of carbonyl (C=O) groups is 1. The van der Waals surface area contributed by atoms with Crippen molar-refractivity contribution in [3.63, 3.8) is 0 Å². The molecule has 7 nitrogen and oxygen atoms in total. The minimum atomic E-state index is -2.23. The van der Waals surface area contributed by atoms with E-state index >= 15 is 0 Å². The molecule has 1 aliphatic heterocycles. The van der Waals surface area contributed by atoms with Gasteiger partial charge in [-0.05, 0) is 49.0 Å². The summed E-state index contributed by atoms with van der Waals surface area (Å²) in [6, 6.07) is 13.5. The molecule has 2 aromatic carbocycles. The molecule has 0 bridgehead atoms. The number of halogens is 1. The van der Waals surface area contributed by atoms with Gasteiger partial charge in [-0.1, -0.05) is 41.9 Å².